The zero-order chi connectivity index (χ0) is 13.4. The SMILES string of the molecule is OC(c1cc(Br)c2c(c1)OCCO2)c1occc1Br. The smallest absolute Gasteiger partial charge is 0.175 e. The Labute approximate surface area is 126 Å². The van der Waals surface area contributed by atoms with E-state index in [0.717, 1.165) is 8.95 Å². The average Bonchev–Trinajstić information content (AvgIpc) is 2.84. The van der Waals surface area contributed by atoms with E-state index < -0.39 is 6.10 Å². The Balaban J connectivity index is 2.02. The van der Waals surface area contributed by atoms with Gasteiger partial charge < -0.3 is 19.0 Å². The zero-order valence-corrected chi connectivity index (χ0v) is 12.9. The Kier molecular flexibility index (Phi) is 3.56. The number of hydrogen-bond acceptors (Lipinski definition) is 4. The molecule has 4 nitrogen and oxygen atoms in total. The van der Waals surface area contributed by atoms with Gasteiger partial charge in [0.1, 0.15) is 19.3 Å². The maximum atomic E-state index is 10.3. The molecule has 1 aliphatic rings. The van der Waals surface area contributed by atoms with Gasteiger partial charge in [0.25, 0.3) is 0 Å². The molecule has 19 heavy (non-hydrogen) atoms. The van der Waals surface area contributed by atoms with Crippen LogP contribution in [0.5, 0.6) is 11.5 Å². The molecule has 6 heteroatoms. The lowest BCUT2D eigenvalue weighted by molar-refractivity contribution is 0.166. The van der Waals surface area contributed by atoms with E-state index in [2.05, 4.69) is 31.9 Å². The highest BCUT2D eigenvalue weighted by Gasteiger charge is 2.22. The number of furan rings is 1. The van der Waals surface area contributed by atoms with Crippen LogP contribution in [-0.2, 0) is 0 Å². The monoisotopic (exact) mass is 388 g/mol. The normalized spacial score (nSPS) is 15.3. The van der Waals surface area contributed by atoms with Crippen LogP contribution in [0.15, 0.2) is 37.8 Å². The van der Waals surface area contributed by atoms with Crippen molar-refractivity contribution in [3.63, 3.8) is 0 Å². The van der Waals surface area contributed by atoms with Crippen LogP contribution in [0.25, 0.3) is 0 Å². The number of benzene rings is 1. The molecule has 1 unspecified atom stereocenters. The van der Waals surface area contributed by atoms with Crippen molar-refractivity contribution in [1.29, 1.82) is 0 Å². The molecule has 1 N–H and O–H groups in total. The van der Waals surface area contributed by atoms with E-state index in [1.54, 1.807) is 18.2 Å². The summed E-state index contributed by atoms with van der Waals surface area (Å²) in [5.41, 5.74) is 0.673. The molecule has 0 fully saturated rings. The lowest BCUT2D eigenvalue weighted by Gasteiger charge is -2.21. The molecular formula is C13H10Br2O4. The molecule has 0 saturated heterocycles. The van der Waals surface area contributed by atoms with Gasteiger partial charge in [-0.25, -0.2) is 0 Å². The Hall–Kier alpha value is -0.980. The lowest BCUT2D eigenvalue weighted by Crippen LogP contribution is -2.16. The number of ether oxygens (including phenoxy) is 2. The summed E-state index contributed by atoms with van der Waals surface area (Å²) in [6.07, 6.45) is 0.659. The van der Waals surface area contributed by atoms with Gasteiger partial charge in [-0.05, 0) is 55.6 Å². The number of aliphatic hydroxyl groups is 1. The minimum absolute atomic E-state index is 0.462. The number of hydrogen-bond donors (Lipinski definition) is 1. The van der Waals surface area contributed by atoms with Crippen molar-refractivity contribution in [1.82, 2.24) is 0 Å². The Morgan fingerprint density at radius 3 is 2.63 bits per heavy atom. The third kappa shape index (κ3) is 2.40. The zero-order valence-electron chi connectivity index (χ0n) is 9.73. The summed E-state index contributed by atoms with van der Waals surface area (Å²) < 4.78 is 17.8. The van der Waals surface area contributed by atoms with Gasteiger partial charge in [-0.2, -0.15) is 0 Å². The molecule has 2 heterocycles. The average molecular weight is 390 g/mol. The van der Waals surface area contributed by atoms with Gasteiger partial charge in [-0.1, -0.05) is 0 Å². The molecule has 3 rings (SSSR count). The fraction of sp³-hybridized carbons (Fsp3) is 0.231. The predicted octanol–water partition coefficient (Wildman–Crippen LogP) is 3.66. The molecule has 1 atom stereocenters. The number of aliphatic hydroxyl groups excluding tert-OH is 1. The van der Waals surface area contributed by atoms with Crippen LogP contribution >= 0.6 is 31.9 Å². The van der Waals surface area contributed by atoms with Gasteiger partial charge in [0.15, 0.2) is 17.3 Å². The quantitative estimate of drug-likeness (QED) is 0.851. The second-order valence-electron chi connectivity index (χ2n) is 4.06. The number of rotatable bonds is 2. The molecule has 100 valence electrons. The van der Waals surface area contributed by atoms with Crippen LogP contribution in [-0.4, -0.2) is 18.3 Å². The molecule has 0 amide bonds. The van der Waals surface area contributed by atoms with E-state index in [4.69, 9.17) is 13.9 Å². The van der Waals surface area contributed by atoms with E-state index in [0.29, 0.717) is 36.0 Å². The first kappa shape index (κ1) is 13.0. The molecule has 1 aromatic carbocycles. The Morgan fingerprint density at radius 2 is 1.89 bits per heavy atom. The van der Waals surface area contributed by atoms with Crippen molar-refractivity contribution in [3.8, 4) is 11.5 Å². The van der Waals surface area contributed by atoms with E-state index in [9.17, 15) is 5.11 Å². The fourth-order valence-electron chi connectivity index (χ4n) is 1.94. The van der Waals surface area contributed by atoms with Gasteiger partial charge in [-0.3, -0.25) is 0 Å². The molecule has 1 aromatic heterocycles. The Bertz CT molecular complexity index is 609. The number of halogens is 2. The third-order valence-corrected chi connectivity index (χ3v) is 4.07. The van der Waals surface area contributed by atoms with Crippen LogP contribution in [0.3, 0.4) is 0 Å². The first-order valence-corrected chi connectivity index (χ1v) is 7.25. The summed E-state index contributed by atoms with van der Waals surface area (Å²) >= 11 is 6.76. The van der Waals surface area contributed by atoms with Crippen molar-refractivity contribution in [2.24, 2.45) is 0 Å². The van der Waals surface area contributed by atoms with E-state index in [1.165, 1.54) is 6.26 Å². The van der Waals surface area contributed by atoms with Gasteiger partial charge in [-0.15, -0.1) is 0 Å². The largest absolute Gasteiger partial charge is 0.486 e. The minimum atomic E-state index is -0.864. The summed E-state index contributed by atoms with van der Waals surface area (Å²) in [5.74, 6) is 1.75. The lowest BCUT2D eigenvalue weighted by atomic mass is 10.1. The molecule has 0 aliphatic carbocycles. The topological polar surface area (TPSA) is 51.8 Å². The molecule has 0 bridgehead atoms. The third-order valence-electron chi connectivity index (χ3n) is 2.83. The molecule has 0 radical (unpaired) electrons. The summed E-state index contributed by atoms with van der Waals surface area (Å²) in [5, 5.41) is 10.3. The molecule has 1 aliphatic heterocycles. The second kappa shape index (κ2) is 5.19. The van der Waals surface area contributed by atoms with E-state index in [-0.39, 0.29) is 0 Å². The summed E-state index contributed by atoms with van der Waals surface area (Å²) in [4.78, 5) is 0. The first-order valence-electron chi connectivity index (χ1n) is 5.67. The van der Waals surface area contributed by atoms with Crippen LogP contribution in [0.2, 0.25) is 0 Å². The first-order chi connectivity index (χ1) is 9.16. The van der Waals surface area contributed by atoms with Crippen molar-refractivity contribution >= 4 is 31.9 Å². The van der Waals surface area contributed by atoms with E-state index in [1.807, 2.05) is 0 Å². The maximum Gasteiger partial charge on any atom is 0.175 e. The fourth-order valence-corrected chi connectivity index (χ4v) is 2.93. The van der Waals surface area contributed by atoms with E-state index >= 15 is 0 Å². The predicted molar refractivity (Wildman–Crippen MR) is 75.6 cm³/mol. The van der Waals surface area contributed by atoms with Crippen molar-refractivity contribution in [2.75, 3.05) is 13.2 Å². The van der Waals surface area contributed by atoms with Crippen LogP contribution in [0, 0.1) is 0 Å². The Morgan fingerprint density at radius 1 is 1.11 bits per heavy atom. The van der Waals surface area contributed by atoms with Crippen LogP contribution in [0.4, 0.5) is 0 Å². The van der Waals surface area contributed by atoms with Crippen molar-refractivity contribution in [2.45, 2.75) is 6.10 Å². The minimum Gasteiger partial charge on any atom is -0.486 e. The molecular weight excluding hydrogens is 380 g/mol. The van der Waals surface area contributed by atoms with Crippen molar-refractivity contribution in [3.05, 3.63) is 44.7 Å². The van der Waals surface area contributed by atoms with Gasteiger partial charge >= 0.3 is 0 Å². The van der Waals surface area contributed by atoms with Gasteiger partial charge in [0.2, 0.25) is 0 Å². The second-order valence-corrected chi connectivity index (χ2v) is 5.77. The maximum absolute atomic E-state index is 10.3. The highest BCUT2D eigenvalue weighted by molar-refractivity contribution is 9.10. The van der Waals surface area contributed by atoms with Crippen molar-refractivity contribution < 1.29 is 19.0 Å². The van der Waals surface area contributed by atoms with Gasteiger partial charge in [0, 0.05) is 0 Å². The van der Waals surface area contributed by atoms with Crippen LogP contribution in [0.1, 0.15) is 17.4 Å². The molecule has 0 saturated carbocycles. The van der Waals surface area contributed by atoms with Crippen LogP contribution < -0.4 is 9.47 Å². The summed E-state index contributed by atoms with van der Waals surface area (Å²) in [6.45, 7) is 1.03. The summed E-state index contributed by atoms with van der Waals surface area (Å²) in [7, 11) is 0. The standard InChI is InChI=1S/C13H10Br2O4/c14-8-1-2-18-13(8)11(16)7-5-9(15)12-10(6-7)17-3-4-19-12/h1-2,5-6,11,16H,3-4H2. The molecule has 0 spiro atoms. The molecule has 2 aromatic rings. The summed E-state index contributed by atoms with van der Waals surface area (Å²) in [6, 6.07) is 5.30. The number of fused-ring (bicyclic) bond motifs is 1. The highest BCUT2D eigenvalue weighted by Crippen LogP contribution is 2.41. The van der Waals surface area contributed by atoms with Gasteiger partial charge in [0.05, 0.1) is 15.2 Å². The highest BCUT2D eigenvalue weighted by atomic mass is 79.9.